The molecule has 0 unspecified atom stereocenters. The fourth-order valence-corrected chi connectivity index (χ4v) is 1.29. The molecule has 2 nitrogen and oxygen atoms in total. The number of benzene rings is 1. The van der Waals surface area contributed by atoms with Crippen LogP contribution in [0.5, 0.6) is 5.75 Å². The van der Waals surface area contributed by atoms with Gasteiger partial charge >= 0.3 is 0 Å². The lowest BCUT2D eigenvalue weighted by molar-refractivity contribution is 0.111. The molecule has 1 aromatic rings. The van der Waals surface area contributed by atoms with Crippen LogP contribution in [-0.4, -0.2) is 12.9 Å². The number of carbonyl (C=O) groups excluding carboxylic acids is 1. The largest absolute Gasteiger partial charge is 0.489 e. The highest BCUT2D eigenvalue weighted by atomic mass is 16.5. The summed E-state index contributed by atoms with van der Waals surface area (Å²) in [6.07, 6.45) is 2.50. The first-order chi connectivity index (χ1) is 6.70. The summed E-state index contributed by atoms with van der Waals surface area (Å²) < 4.78 is 5.44. The number of hydrogen-bond donors (Lipinski definition) is 0. The smallest absolute Gasteiger partial charge is 0.154 e. The average molecular weight is 190 g/mol. The van der Waals surface area contributed by atoms with E-state index in [0.717, 1.165) is 17.4 Å². The Morgan fingerprint density at radius 3 is 2.57 bits per heavy atom. The molecule has 0 bridgehead atoms. The molecule has 0 radical (unpaired) electrons. The van der Waals surface area contributed by atoms with Gasteiger partial charge in [-0.25, -0.2) is 0 Å². The number of hydrogen-bond acceptors (Lipinski definition) is 2. The SMILES string of the molecule is C=CCOc1c(C)ccc(C)c1C=O. The van der Waals surface area contributed by atoms with Gasteiger partial charge in [-0.15, -0.1) is 0 Å². The first-order valence-electron chi connectivity index (χ1n) is 4.49. The van der Waals surface area contributed by atoms with Crippen LogP contribution < -0.4 is 4.74 Å². The average Bonchev–Trinajstić information content (AvgIpc) is 2.19. The zero-order valence-electron chi connectivity index (χ0n) is 8.54. The zero-order chi connectivity index (χ0) is 10.6. The Kier molecular flexibility index (Phi) is 3.46. The van der Waals surface area contributed by atoms with Gasteiger partial charge in [0.05, 0.1) is 5.56 Å². The van der Waals surface area contributed by atoms with E-state index in [1.165, 1.54) is 0 Å². The highest BCUT2D eigenvalue weighted by molar-refractivity contribution is 5.82. The Bertz CT molecular complexity index is 354. The van der Waals surface area contributed by atoms with Gasteiger partial charge in [0.15, 0.2) is 6.29 Å². The summed E-state index contributed by atoms with van der Waals surface area (Å²) in [5, 5.41) is 0. The van der Waals surface area contributed by atoms with E-state index in [9.17, 15) is 4.79 Å². The van der Waals surface area contributed by atoms with Crippen LogP contribution in [0.2, 0.25) is 0 Å². The summed E-state index contributed by atoms with van der Waals surface area (Å²) in [5.41, 5.74) is 2.54. The quantitative estimate of drug-likeness (QED) is 0.539. The van der Waals surface area contributed by atoms with Gasteiger partial charge in [0, 0.05) is 0 Å². The molecule has 0 aliphatic heterocycles. The van der Waals surface area contributed by atoms with Gasteiger partial charge in [-0.3, -0.25) is 4.79 Å². The molecule has 0 saturated heterocycles. The van der Waals surface area contributed by atoms with Crippen LogP contribution in [0.25, 0.3) is 0 Å². The highest BCUT2D eigenvalue weighted by Crippen LogP contribution is 2.24. The molecule has 14 heavy (non-hydrogen) atoms. The second-order valence-corrected chi connectivity index (χ2v) is 3.16. The maximum absolute atomic E-state index is 10.9. The maximum Gasteiger partial charge on any atom is 0.154 e. The van der Waals surface area contributed by atoms with Gasteiger partial charge in [0.2, 0.25) is 0 Å². The van der Waals surface area contributed by atoms with Crippen LogP contribution in [0.3, 0.4) is 0 Å². The van der Waals surface area contributed by atoms with Crippen LogP contribution in [0.1, 0.15) is 21.5 Å². The van der Waals surface area contributed by atoms with Crippen LogP contribution in [-0.2, 0) is 0 Å². The molecule has 1 aromatic carbocycles. The number of ether oxygens (including phenoxy) is 1. The van der Waals surface area contributed by atoms with Crippen molar-refractivity contribution in [1.29, 1.82) is 0 Å². The normalized spacial score (nSPS) is 9.57. The van der Waals surface area contributed by atoms with Crippen molar-refractivity contribution in [3.05, 3.63) is 41.5 Å². The summed E-state index contributed by atoms with van der Waals surface area (Å²) in [7, 11) is 0. The molecule has 0 spiro atoms. The molecule has 1 rings (SSSR count). The summed E-state index contributed by atoms with van der Waals surface area (Å²) >= 11 is 0. The molecule has 2 heteroatoms. The number of aryl methyl sites for hydroxylation is 2. The van der Waals surface area contributed by atoms with Gasteiger partial charge in [-0.2, -0.15) is 0 Å². The second kappa shape index (κ2) is 4.61. The van der Waals surface area contributed by atoms with E-state index < -0.39 is 0 Å². The van der Waals surface area contributed by atoms with E-state index in [2.05, 4.69) is 6.58 Å². The zero-order valence-corrected chi connectivity index (χ0v) is 8.54. The minimum Gasteiger partial charge on any atom is -0.489 e. The van der Waals surface area contributed by atoms with Crippen LogP contribution >= 0.6 is 0 Å². The monoisotopic (exact) mass is 190 g/mol. The van der Waals surface area contributed by atoms with E-state index in [4.69, 9.17) is 4.74 Å². The summed E-state index contributed by atoms with van der Waals surface area (Å²) in [6, 6.07) is 3.86. The molecule has 0 aliphatic rings. The summed E-state index contributed by atoms with van der Waals surface area (Å²) in [5.74, 6) is 0.667. The van der Waals surface area contributed by atoms with Crippen molar-refractivity contribution in [2.24, 2.45) is 0 Å². The molecule has 74 valence electrons. The van der Waals surface area contributed by atoms with Crippen LogP contribution in [0, 0.1) is 13.8 Å². The molecular weight excluding hydrogens is 176 g/mol. The lowest BCUT2D eigenvalue weighted by Gasteiger charge is -2.11. The van der Waals surface area contributed by atoms with E-state index in [-0.39, 0.29) is 0 Å². The number of rotatable bonds is 4. The highest BCUT2D eigenvalue weighted by Gasteiger charge is 2.08. The maximum atomic E-state index is 10.9. The molecule has 0 aliphatic carbocycles. The Labute approximate surface area is 84.2 Å². The molecule has 0 saturated carbocycles. The fraction of sp³-hybridized carbons (Fsp3) is 0.250. The molecule has 0 atom stereocenters. The number of aldehydes is 1. The van der Waals surface area contributed by atoms with E-state index in [0.29, 0.717) is 17.9 Å². The molecule has 0 N–H and O–H groups in total. The molecular formula is C12H14O2. The summed E-state index contributed by atoms with van der Waals surface area (Å²) in [6.45, 7) is 7.81. The van der Waals surface area contributed by atoms with Crippen molar-refractivity contribution in [1.82, 2.24) is 0 Å². The fourth-order valence-electron chi connectivity index (χ4n) is 1.29. The van der Waals surface area contributed by atoms with Gasteiger partial charge in [-0.05, 0) is 25.0 Å². The minimum absolute atomic E-state index is 0.422. The van der Waals surface area contributed by atoms with Crippen molar-refractivity contribution in [3.8, 4) is 5.75 Å². The van der Waals surface area contributed by atoms with Crippen molar-refractivity contribution in [3.63, 3.8) is 0 Å². The third kappa shape index (κ3) is 2.02. The Morgan fingerprint density at radius 2 is 2.00 bits per heavy atom. The second-order valence-electron chi connectivity index (χ2n) is 3.16. The van der Waals surface area contributed by atoms with Gasteiger partial charge in [0.1, 0.15) is 12.4 Å². The molecule has 0 aromatic heterocycles. The predicted molar refractivity (Wildman–Crippen MR) is 57.0 cm³/mol. The predicted octanol–water partition coefficient (Wildman–Crippen LogP) is 2.68. The van der Waals surface area contributed by atoms with Crippen LogP contribution in [0.15, 0.2) is 24.8 Å². The van der Waals surface area contributed by atoms with Gasteiger partial charge in [-0.1, -0.05) is 24.8 Å². The third-order valence-electron chi connectivity index (χ3n) is 2.07. The van der Waals surface area contributed by atoms with Crippen molar-refractivity contribution in [2.75, 3.05) is 6.61 Å². The first kappa shape index (κ1) is 10.5. The Morgan fingerprint density at radius 1 is 1.36 bits per heavy atom. The Hall–Kier alpha value is -1.57. The minimum atomic E-state index is 0.422. The van der Waals surface area contributed by atoms with Crippen molar-refractivity contribution < 1.29 is 9.53 Å². The third-order valence-corrected chi connectivity index (χ3v) is 2.07. The molecule has 0 fully saturated rings. The first-order valence-corrected chi connectivity index (χ1v) is 4.49. The molecule has 0 amide bonds. The van der Waals surface area contributed by atoms with Gasteiger partial charge in [0.25, 0.3) is 0 Å². The van der Waals surface area contributed by atoms with Crippen molar-refractivity contribution in [2.45, 2.75) is 13.8 Å². The topological polar surface area (TPSA) is 26.3 Å². The molecule has 0 heterocycles. The number of carbonyl (C=O) groups is 1. The van der Waals surface area contributed by atoms with E-state index >= 15 is 0 Å². The van der Waals surface area contributed by atoms with E-state index in [1.54, 1.807) is 6.08 Å². The lowest BCUT2D eigenvalue weighted by Crippen LogP contribution is -2.00. The lowest BCUT2D eigenvalue weighted by atomic mass is 10.1. The Balaban J connectivity index is 3.15. The summed E-state index contributed by atoms with van der Waals surface area (Å²) in [4.78, 5) is 10.9. The van der Waals surface area contributed by atoms with E-state index in [1.807, 2.05) is 26.0 Å². The van der Waals surface area contributed by atoms with Crippen LogP contribution in [0.4, 0.5) is 0 Å². The van der Waals surface area contributed by atoms with Crippen molar-refractivity contribution >= 4 is 6.29 Å². The van der Waals surface area contributed by atoms with Gasteiger partial charge < -0.3 is 4.74 Å². The standard InChI is InChI=1S/C12H14O2/c1-4-7-14-12-10(3)6-5-9(2)11(12)8-13/h4-6,8H,1,7H2,2-3H3.